The van der Waals surface area contributed by atoms with Gasteiger partial charge in [0.1, 0.15) is 5.60 Å². The van der Waals surface area contributed by atoms with E-state index in [1.165, 1.54) is 12.1 Å². The first-order valence-corrected chi connectivity index (χ1v) is 9.35. The summed E-state index contributed by atoms with van der Waals surface area (Å²) in [6.07, 6.45) is 1.66. The van der Waals surface area contributed by atoms with E-state index >= 15 is 0 Å². The van der Waals surface area contributed by atoms with E-state index in [0.29, 0.717) is 30.7 Å². The van der Waals surface area contributed by atoms with E-state index in [0.717, 1.165) is 0 Å². The van der Waals surface area contributed by atoms with Crippen molar-refractivity contribution in [1.82, 2.24) is 10.4 Å². The maximum Gasteiger partial charge on any atom is 0.407 e. The number of amides is 3. The number of hydrogen-bond acceptors (Lipinski definition) is 6. The van der Waals surface area contributed by atoms with Gasteiger partial charge < -0.3 is 14.9 Å². The zero-order valence-electron chi connectivity index (χ0n) is 16.2. The van der Waals surface area contributed by atoms with Gasteiger partial charge in [-0.2, -0.15) is 0 Å². The van der Waals surface area contributed by atoms with Crippen molar-refractivity contribution < 1.29 is 28.8 Å². The molecule has 1 heterocycles. The molecule has 0 spiro atoms. The molecule has 0 radical (unpaired) electrons. The predicted octanol–water partition coefficient (Wildman–Crippen LogP) is 2.82. The van der Waals surface area contributed by atoms with E-state index in [4.69, 9.17) is 9.57 Å². The average Bonchev–Trinajstić information content (AvgIpc) is 2.86. The number of nitrogens with one attached hydrogen (secondary N) is 1. The van der Waals surface area contributed by atoms with Crippen molar-refractivity contribution >= 4 is 23.9 Å². The molecule has 8 heteroatoms. The van der Waals surface area contributed by atoms with Crippen molar-refractivity contribution in [2.45, 2.75) is 58.1 Å². The van der Waals surface area contributed by atoms with Gasteiger partial charge in [0.05, 0.1) is 17.0 Å². The Morgan fingerprint density at radius 1 is 1.00 bits per heavy atom. The van der Waals surface area contributed by atoms with Crippen molar-refractivity contribution in [3.05, 3.63) is 35.4 Å². The number of nitrogens with zero attached hydrogens (tertiary/aromatic N) is 1. The minimum absolute atomic E-state index is 0.0850. The van der Waals surface area contributed by atoms with Crippen LogP contribution in [0.1, 0.15) is 67.2 Å². The molecule has 3 amide bonds. The fourth-order valence-corrected chi connectivity index (χ4v) is 3.36. The molecule has 0 bridgehead atoms. The fourth-order valence-electron chi connectivity index (χ4n) is 3.36. The van der Waals surface area contributed by atoms with Crippen LogP contribution in [0.25, 0.3) is 0 Å². The molecule has 0 aromatic heterocycles. The van der Waals surface area contributed by atoms with Gasteiger partial charge in [-0.1, -0.05) is 17.2 Å². The molecule has 1 aliphatic heterocycles. The van der Waals surface area contributed by atoms with Crippen LogP contribution in [0.2, 0.25) is 0 Å². The van der Waals surface area contributed by atoms with Gasteiger partial charge in [-0.05, 0) is 58.6 Å². The van der Waals surface area contributed by atoms with Gasteiger partial charge in [0.2, 0.25) is 0 Å². The third-order valence-electron chi connectivity index (χ3n) is 4.72. The number of hydroxylamine groups is 2. The first-order valence-electron chi connectivity index (χ1n) is 9.35. The van der Waals surface area contributed by atoms with Crippen molar-refractivity contribution in [3.8, 4) is 0 Å². The van der Waals surface area contributed by atoms with Gasteiger partial charge in [-0.3, -0.25) is 9.59 Å². The SMILES string of the molecule is CC(C)(C)OC(=O)NC1CCC(C(=O)ON2C(=O)c3ccccc3C2=O)CC1. The van der Waals surface area contributed by atoms with Gasteiger partial charge in [0.25, 0.3) is 11.8 Å². The number of carbonyl (C=O) groups excluding carboxylic acids is 4. The lowest BCUT2D eigenvalue weighted by atomic mass is 9.86. The highest BCUT2D eigenvalue weighted by atomic mass is 16.7. The first-order chi connectivity index (χ1) is 13.2. The maximum atomic E-state index is 12.4. The van der Waals surface area contributed by atoms with Crippen molar-refractivity contribution in [2.75, 3.05) is 0 Å². The molecule has 1 saturated carbocycles. The molecule has 3 rings (SSSR count). The second kappa shape index (κ2) is 7.61. The molecule has 1 aromatic carbocycles. The highest BCUT2D eigenvalue weighted by Gasteiger charge is 2.40. The number of fused-ring (bicyclic) bond motifs is 1. The summed E-state index contributed by atoms with van der Waals surface area (Å²) in [4.78, 5) is 54.0. The lowest BCUT2D eigenvalue weighted by molar-refractivity contribution is -0.174. The minimum atomic E-state index is -0.630. The molecule has 0 unspecified atom stereocenters. The second-order valence-electron chi connectivity index (χ2n) is 8.06. The Labute approximate surface area is 163 Å². The summed E-state index contributed by atoms with van der Waals surface area (Å²) in [7, 11) is 0. The Morgan fingerprint density at radius 3 is 2.04 bits per heavy atom. The molecule has 8 nitrogen and oxygen atoms in total. The molecule has 1 aromatic rings. The van der Waals surface area contributed by atoms with Crippen molar-refractivity contribution in [1.29, 1.82) is 0 Å². The van der Waals surface area contributed by atoms with Crippen LogP contribution >= 0.6 is 0 Å². The van der Waals surface area contributed by atoms with Gasteiger partial charge in [-0.15, -0.1) is 0 Å². The number of benzene rings is 1. The van der Waals surface area contributed by atoms with Gasteiger partial charge >= 0.3 is 12.1 Å². The molecule has 1 fully saturated rings. The highest BCUT2D eigenvalue weighted by Crippen LogP contribution is 2.28. The van der Waals surface area contributed by atoms with Crippen LogP contribution in [-0.4, -0.2) is 40.6 Å². The number of ether oxygens (including phenoxy) is 1. The number of hydrogen-bond donors (Lipinski definition) is 1. The normalized spacial score (nSPS) is 21.9. The highest BCUT2D eigenvalue weighted by molar-refractivity contribution is 6.20. The lowest BCUT2D eigenvalue weighted by Gasteiger charge is -2.29. The molecule has 150 valence electrons. The van der Waals surface area contributed by atoms with Crippen LogP contribution in [0.4, 0.5) is 4.79 Å². The molecule has 0 saturated heterocycles. The molecular weight excluding hydrogens is 364 g/mol. The quantitative estimate of drug-likeness (QED) is 0.799. The zero-order valence-corrected chi connectivity index (χ0v) is 16.2. The summed E-state index contributed by atoms with van der Waals surface area (Å²) in [5, 5.41) is 3.34. The molecular formula is C20H24N2O6. The van der Waals surface area contributed by atoms with Gasteiger partial charge in [0, 0.05) is 6.04 Å². The van der Waals surface area contributed by atoms with E-state index in [1.807, 2.05) is 0 Å². The molecule has 0 atom stereocenters. The maximum absolute atomic E-state index is 12.4. The Bertz CT molecular complexity index is 770. The van der Waals surface area contributed by atoms with E-state index in [2.05, 4.69) is 5.32 Å². The third-order valence-corrected chi connectivity index (χ3v) is 4.72. The summed E-state index contributed by atoms with van der Waals surface area (Å²) in [5.41, 5.74) is -0.117. The van der Waals surface area contributed by atoms with E-state index in [9.17, 15) is 19.2 Å². The molecule has 2 aliphatic rings. The van der Waals surface area contributed by atoms with E-state index < -0.39 is 35.4 Å². The van der Waals surface area contributed by atoms with E-state index in [-0.39, 0.29) is 17.2 Å². The summed E-state index contributed by atoms with van der Waals surface area (Å²) >= 11 is 0. The van der Waals surface area contributed by atoms with Gasteiger partial charge in [0.15, 0.2) is 0 Å². The van der Waals surface area contributed by atoms with E-state index in [1.54, 1.807) is 32.9 Å². The monoisotopic (exact) mass is 388 g/mol. The summed E-state index contributed by atoms with van der Waals surface area (Å²) in [6.45, 7) is 5.37. The fraction of sp³-hybridized carbons (Fsp3) is 0.500. The van der Waals surface area contributed by atoms with Crippen LogP contribution in [-0.2, 0) is 14.4 Å². The van der Waals surface area contributed by atoms with Crippen LogP contribution in [0, 0.1) is 5.92 Å². The topological polar surface area (TPSA) is 102 Å². The Balaban J connectivity index is 1.51. The molecule has 1 aliphatic carbocycles. The standard InChI is InChI=1S/C20H24N2O6/c1-20(2,3)27-19(26)21-13-10-8-12(9-11-13)18(25)28-22-16(23)14-6-4-5-7-15(14)17(22)24/h4-7,12-13H,8-11H2,1-3H3,(H,21,26). The average molecular weight is 388 g/mol. The van der Waals surface area contributed by atoms with Crippen molar-refractivity contribution in [3.63, 3.8) is 0 Å². The summed E-state index contributed by atoms with van der Waals surface area (Å²) in [6, 6.07) is 6.26. The Hall–Kier alpha value is -2.90. The molecule has 1 N–H and O–H groups in total. The van der Waals surface area contributed by atoms with Gasteiger partial charge in [-0.25, -0.2) is 9.59 Å². The Morgan fingerprint density at radius 2 is 1.54 bits per heavy atom. The summed E-state index contributed by atoms with van der Waals surface area (Å²) in [5.74, 6) is -2.30. The smallest absolute Gasteiger partial charge is 0.407 e. The predicted molar refractivity (Wildman–Crippen MR) is 98.1 cm³/mol. The number of alkyl carbamates (subject to hydrolysis) is 1. The zero-order chi connectivity index (χ0) is 20.5. The largest absolute Gasteiger partial charge is 0.444 e. The second-order valence-corrected chi connectivity index (χ2v) is 8.06. The summed E-state index contributed by atoms with van der Waals surface area (Å²) < 4.78 is 5.23. The van der Waals surface area contributed by atoms with Crippen LogP contribution in [0.15, 0.2) is 24.3 Å². The third kappa shape index (κ3) is 4.32. The van der Waals surface area contributed by atoms with Crippen molar-refractivity contribution in [2.24, 2.45) is 5.92 Å². The minimum Gasteiger partial charge on any atom is -0.444 e. The lowest BCUT2D eigenvalue weighted by Crippen LogP contribution is -2.42. The number of imide groups is 1. The Kier molecular flexibility index (Phi) is 5.40. The van der Waals surface area contributed by atoms with Crippen LogP contribution < -0.4 is 5.32 Å². The first kappa shape index (κ1) is 19.9. The van der Waals surface area contributed by atoms with Crippen LogP contribution in [0.5, 0.6) is 0 Å². The van der Waals surface area contributed by atoms with Crippen LogP contribution in [0.3, 0.4) is 0 Å². The number of rotatable bonds is 3. The number of carbonyl (C=O) groups is 4. The molecule has 28 heavy (non-hydrogen) atoms.